The van der Waals surface area contributed by atoms with E-state index in [4.69, 9.17) is 9.16 Å². The van der Waals surface area contributed by atoms with Crippen molar-refractivity contribution in [1.82, 2.24) is 0 Å². The van der Waals surface area contributed by atoms with E-state index < -0.39 is 13.9 Å². The highest BCUT2D eigenvalue weighted by Gasteiger charge is 2.39. The van der Waals surface area contributed by atoms with Crippen molar-refractivity contribution in [1.29, 1.82) is 0 Å². The van der Waals surface area contributed by atoms with Gasteiger partial charge in [-0.3, -0.25) is 0 Å². The maximum Gasteiger partial charge on any atom is 0.250 e. The van der Waals surface area contributed by atoms with Crippen molar-refractivity contribution in [2.24, 2.45) is 0 Å². The average Bonchev–Trinajstić information content (AvgIpc) is 2.53. The molecule has 0 heterocycles. The molecule has 0 bridgehead atoms. The molecule has 0 radical (unpaired) electrons. The first-order chi connectivity index (χ1) is 11.9. The van der Waals surface area contributed by atoms with Crippen LogP contribution in [0.4, 0.5) is 0 Å². The lowest BCUT2D eigenvalue weighted by Crippen LogP contribution is -2.43. The summed E-state index contributed by atoms with van der Waals surface area (Å²) in [7, 11) is -0.272. The zero-order chi connectivity index (χ0) is 19.8. The van der Waals surface area contributed by atoms with Gasteiger partial charge in [-0.25, -0.2) is 0 Å². The van der Waals surface area contributed by atoms with Crippen LogP contribution in [0.5, 0.6) is 11.5 Å². The van der Waals surface area contributed by atoms with Crippen LogP contribution in [-0.2, 0) is 5.60 Å². The number of ether oxygens (including phenoxy) is 1. The number of hydrogen-bond donors (Lipinski definition) is 1. The molecule has 0 fully saturated rings. The Balaban J connectivity index is 2.38. The second-order valence-electron chi connectivity index (χ2n) is 8.65. The second kappa shape index (κ2) is 7.09. The minimum absolute atomic E-state index is 0.124. The maximum absolute atomic E-state index is 11.2. The average molecular weight is 373 g/mol. The summed E-state index contributed by atoms with van der Waals surface area (Å²) in [5.74, 6) is 1.64. The van der Waals surface area contributed by atoms with Gasteiger partial charge in [-0.05, 0) is 72.9 Å². The van der Waals surface area contributed by atoms with Crippen LogP contribution < -0.4 is 9.16 Å². The van der Waals surface area contributed by atoms with E-state index in [1.54, 1.807) is 7.11 Å². The summed E-state index contributed by atoms with van der Waals surface area (Å²) >= 11 is 0. The van der Waals surface area contributed by atoms with Crippen molar-refractivity contribution in [2.75, 3.05) is 7.11 Å². The molecule has 3 nitrogen and oxygen atoms in total. The van der Waals surface area contributed by atoms with Gasteiger partial charge < -0.3 is 14.3 Å². The number of benzene rings is 2. The Morgan fingerprint density at radius 1 is 0.923 bits per heavy atom. The molecular formula is C22H32O3Si. The van der Waals surface area contributed by atoms with Gasteiger partial charge in [0.1, 0.15) is 17.1 Å². The summed E-state index contributed by atoms with van der Waals surface area (Å²) in [6, 6.07) is 13.6. The Labute approximate surface area is 159 Å². The lowest BCUT2D eigenvalue weighted by atomic mass is 9.87. The zero-order valence-corrected chi connectivity index (χ0v) is 18.3. The molecule has 2 aromatic carbocycles. The first-order valence-corrected chi connectivity index (χ1v) is 12.0. The van der Waals surface area contributed by atoms with Crippen molar-refractivity contribution in [3.8, 4) is 11.5 Å². The minimum Gasteiger partial charge on any atom is -0.543 e. The van der Waals surface area contributed by atoms with Gasteiger partial charge in [0, 0.05) is 0 Å². The van der Waals surface area contributed by atoms with E-state index >= 15 is 0 Å². The molecule has 0 amide bonds. The molecule has 2 rings (SSSR count). The zero-order valence-electron chi connectivity index (χ0n) is 17.3. The van der Waals surface area contributed by atoms with Crippen LogP contribution in [0.15, 0.2) is 42.5 Å². The Kier molecular flexibility index (Phi) is 5.59. The standard InChI is InChI=1S/C22H32O3Si/c1-16-14-18(12-13-20(16)24-6)22(5,23)17-10-9-11-19(15-17)25-26(7,8)21(2,3)4/h9-15,23H,1-8H3. The van der Waals surface area contributed by atoms with Crippen molar-refractivity contribution in [3.05, 3.63) is 59.2 Å². The molecule has 0 aliphatic heterocycles. The topological polar surface area (TPSA) is 38.7 Å². The molecule has 0 aliphatic carbocycles. The number of aliphatic hydroxyl groups is 1. The fourth-order valence-electron chi connectivity index (χ4n) is 2.66. The maximum atomic E-state index is 11.2. The summed E-state index contributed by atoms with van der Waals surface area (Å²) < 4.78 is 11.7. The SMILES string of the molecule is COc1ccc(C(C)(O)c2cccc(O[Si](C)(C)C(C)(C)C)c2)cc1C. The molecule has 142 valence electrons. The molecule has 1 unspecified atom stereocenters. The van der Waals surface area contributed by atoms with Crippen LogP contribution in [0.3, 0.4) is 0 Å². The quantitative estimate of drug-likeness (QED) is 0.690. The normalized spacial score (nSPS) is 14.7. The van der Waals surface area contributed by atoms with Crippen molar-refractivity contribution in [3.63, 3.8) is 0 Å². The molecule has 0 spiro atoms. The van der Waals surface area contributed by atoms with Crippen molar-refractivity contribution >= 4 is 8.32 Å². The monoisotopic (exact) mass is 372 g/mol. The highest BCUT2D eigenvalue weighted by Crippen LogP contribution is 2.39. The lowest BCUT2D eigenvalue weighted by molar-refractivity contribution is 0.102. The summed E-state index contributed by atoms with van der Waals surface area (Å²) in [5, 5.41) is 11.4. The number of aryl methyl sites for hydroxylation is 1. The first kappa shape index (κ1) is 20.5. The Bertz CT molecular complexity index is 773. The Morgan fingerprint density at radius 3 is 2.08 bits per heavy atom. The molecule has 4 heteroatoms. The first-order valence-electron chi connectivity index (χ1n) is 9.05. The predicted octanol–water partition coefficient (Wildman–Crippen LogP) is 5.64. The van der Waals surface area contributed by atoms with Gasteiger partial charge in [0.2, 0.25) is 8.32 Å². The van der Waals surface area contributed by atoms with Gasteiger partial charge in [-0.1, -0.05) is 39.0 Å². The molecule has 0 saturated carbocycles. The van der Waals surface area contributed by atoms with Crippen LogP contribution in [0.2, 0.25) is 18.1 Å². The lowest BCUT2D eigenvalue weighted by Gasteiger charge is -2.36. The summed E-state index contributed by atoms with van der Waals surface area (Å²) in [6.07, 6.45) is 0. The van der Waals surface area contributed by atoms with E-state index in [9.17, 15) is 5.11 Å². The molecule has 0 aromatic heterocycles. The largest absolute Gasteiger partial charge is 0.543 e. The third-order valence-electron chi connectivity index (χ3n) is 5.53. The Morgan fingerprint density at radius 2 is 1.54 bits per heavy atom. The van der Waals surface area contributed by atoms with Gasteiger partial charge in [0.25, 0.3) is 0 Å². The second-order valence-corrected chi connectivity index (χ2v) is 13.4. The number of methoxy groups -OCH3 is 1. The van der Waals surface area contributed by atoms with Gasteiger partial charge in [0.15, 0.2) is 0 Å². The Hall–Kier alpha value is -1.78. The number of rotatable bonds is 5. The molecule has 0 aliphatic rings. The molecule has 1 N–H and O–H groups in total. The fraction of sp³-hybridized carbons (Fsp3) is 0.455. The molecule has 1 atom stereocenters. The van der Waals surface area contributed by atoms with Crippen LogP contribution in [0.25, 0.3) is 0 Å². The highest BCUT2D eigenvalue weighted by molar-refractivity contribution is 6.74. The third kappa shape index (κ3) is 4.13. The van der Waals surface area contributed by atoms with Gasteiger partial charge in [-0.15, -0.1) is 0 Å². The fourth-order valence-corrected chi connectivity index (χ4v) is 3.68. The summed E-state index contributed by atoms with van der Waals surface area (Å²) in [4.78, 5) is 0. The molecule has 0 saturated heterocycles. The van der Waals surface area contributed by atoms with E-state index in [1.165, 1.54) is 0 Å². The number of hydrogen-bond acceptors (Lipinski definition) is 3. The van der Waals surface area contributed by atoms with Crippen LogP contribution >= 0.6 is 0 Å². The van der Waals surface area contributed by atoms with E-state index in [0.717, 1.165) is 28.2 Å². The third-order valence-corrected chi connectivity index (χ3v) is 9.89. The van der Waals surface area contributed by atoms with Crippen molar-refractivity contribution < 1.29 is 14.3 Å². The van der Waals surface area contributed by atoms with E-state index in [1.807, 2.05) is 56.3 Å². The van der Waals surface area contributed by atoms with E-state index in [0.29, 0.717) is 0 Å². The summed E-state index contributed by atoms with van der Waals surface area (Å²) in [5.41, 5.74) is 1.54. The van der Waals surface area contributed by atoms with E-state index in [-0.39, 0.29) is 5.04 Å². The van der Waals surface area contributed by atoms with Crippen LogP contribution in [-0.4, -0.2) is 20.5 Å². The highest BCUT2D eigenvalue weighted by atomic mass is 28.4. The van der Waals surface area contributed by atoms with Crippen LogP contribution in [0.1, 0.15) is 44.4 Å². The van der Waals surface area contributed by atoms with Gasteiger partial charge >= 0.3 is 0 Å². The smallest absolute Gasteiger partial charge is 0.250 e. The van der Waals surface area contributed by atoms with Crippen molar-refractivity contribution in [2.45, 2.75) is 58.4 Å². The van der Waals surface area contributed by atoms with Gasteiger partial charge in [0.05, 0.1) is 7.11 Å². The van der Waals surface area contributed by atoms with Gasteiger partial charge in [-0.2, -0.15) is 0 Å². The minimum atomic E-state index is -1.93. The molecule has 26 heavy (non-hydrogen) atoms. The van der Waals surface area contributed by atoms with E-state index in [2.05, 4.69) is 33.9 Å². The van der Waals surface area contributed by atoms with Crippen LogP contribution in [0, 0.1) is 6.92 Å². The summed E-state index contributed by atoms with van der Waals surface area (Å²) in [6.45, 7) is 14.9. The predicted molar refractivity (Wildman–Crippen MR) is 111 cm³/mol. The molecule has 2 aromatic rings. The molecular weight excluding hydrogens is 340 g/mol.